The number of epoxide rings is 1. The Morgan fingerprint density at radius 3 is 1.33 bits per heavy atom. The molecule has 30 heavy (non-hydrogen) atoms. The molecule has 1 fully saturated rings. The zero-order valence-corrected chi connectivity index (χ0v) is 20.5. The van der Waals surface area contributed by atoms with Gasteiger partial charge in [-0.3, -0.25) is 0 Å². The van der Waals surface area contributed by atoms with Crippen LogP contribution in [0.3, 0.4) is 0 Å². The highest BCUT2D eigenvalue weighted by Crippen LogP contribution is 2.15. The summed E-state index contributed by atoms with van der Waals surface area (Å²) in [5.74, 6) is 0. The van der Waals surface area contributed by atoms with Gasteiger partial charge in [-0.2, -0.15) is 0 Å². The lowest BCUT2D eigenvalue weighted by Gasteiger charge is -2.04. The molecule has 1 saturated heterocycles. The topological polar surface area (TPSA) is 21.8 Å². The SMILES string of the molecule is CCCCCCCCCCCCCCCCCCCCCCC/C=C/OCC1CO1. The fourth-order valence-electron chi connectivity index (χ4n) is 4.16. The number of hydrogen-bond donors (Lipinski definition) is 0. The second-order valence-corrected chi connectivity index (χ2v) is 9.52. The smallest absolute Gasteiger partial charge is 0.116 e. The lowest BCUT2D eigenvalue weighted by atomic mass is 10.0. The second kappa shape index (κ2) is 23.2. The quantitative estimate of drug-likeness (QED) is 0.0829. The Balaban J connectivity index is 1.61. The van der Waals surface area contributed by atoms with Crippen LogP contribution in [-0.2, 0) is 9.47 Å². The van der Waals surface area contributed by atoms with E-state index in [1.54, 1.807) is 0 Å². The first-order chi connectivity index (χ1) is 14.9. The van der Waals surface area contributed by atoms with Crippen molar-refractivity contribution in [2.75, 3.05) is 13.2 Å². The van der Waals surface area contributed by atoms with Gasteiger partial charge in [-0.15, -0.1) is 0 Å². The van der Waals surface area contributed by atoms with Crippen LogP contribution in [0.25, 0.3) is 0 Å². The van der Waals surface area contributed by atoms with Crippen LogP contribution in [0, 0.1) is 0 Å². The first-order valence-corrected chi connectivity index (χ1v) is 13.8. The molecule has 0 spiro atoms. The molecule has 1 atom stereocenters. The summed E-state index contributed by atoms with van der Waals surface area (Å²) in [5.41, 5.74) is 0. The predicted octanol–water partition coefficient (Wildman–Crippen LogP) is 9.52. The second-order valence-electron chi connectivity index (χ2n) is 9.52. The van der Waals surface area contributed by atoms with Gasteiger partial charge in [-0.1, -0.05) is 135 Å². The Morgan fingerprint density at radius 1 is 0.600 bits per heavy atom. The molecule has 0 amide bonds. The van der Waals surface area contributed by atoms with Crippen molar-refractivity contribution in [1.29, 1.82) is 0 Å². The van der Waals surface area contributed by atoms with E-state index in [9.17, 15) is 0 Å². The van der Waals surface area contributed by atoms with Gasteiger partial charge >= 0.3 is 0 Å². The molecule has 0 aromatic rings. The molecule has 0 aliphatic carbocycles. The predicted molar refractivity (Wildman–Crippen MR) is 132 cm³/mol. The van der Waals surface area contributed by atoms with Crippen LogP contribution in [0.1, 0.15) is 148 Å². The van der Waals surface area contributed by atoms with Crippen molar-refractivity contribution in [2.45, 2.75) is 154 Å². The summed E-state index contributed by atoms with van der Waals surface area (Å²) >= 11 is 0. The van der Waals surface area contributed by atoms with Gasteiger partial charge in [0.1, 0.15) is 12.7 Å². The van der Waals surface area contributed by atoms with E-state index in [2.05, 4.69) is 13.0 Å². The third-order valence-corrected chi connectivity index (χ3v) is 6.35. The summed E-state index contributed by atoms with van der Waals surface area (Å²) in [5, 5.41) is 0. The molecule has 0 N–H and O–H groups in total. The van der Waals surface area contributed by atoms with Gasteiger partial charge in [-0.05, 0) is 18.9 Å². The molecule has 0 saturated carbocycles. The highest BCUT2D eigenvalue weighted by atomic mass is 16.6. The number of hydrogen-bond acceptors (Lipinski definition) is 2. The minimum atomic E-state index is 0.374. The zero-order valence-electron chi connectivity index (χ0n) is 20.5. The van der Waals surface area contributed by atoms with E-state index in [0.29, 0.717) is 6.10 Å². The molecule has 0 aromatic heterocycles. The molecule has 178 valence electrons. The van der Waals surface area contributed by atoms with Crippen LogP contribution in [0.2, 0.25) is 0 Å². The van der Waals surface area contributed by atoms with Gasteiger partial charge in [0.2, 0.25) is 0 Å². The Labute approximate surface area is 189 Å². The van der Waals surface area contributed by atoms with Gasteiger partial charge < -0.3 is 9.47 Å². The van der Waals surface area contributed by atoms with Crippen LogP contribution in [0.4, 0.5) is 0 Å². The van der Waals surface area contributed by atoms with Crippen molar-refractivity contribution in [1.82, 2.24) is 0 Å². The number of rotatable bonds is 25. The lowest BCUT2D eigenvalue weighted by Crippen LogP contribution is -1.94. The Morgan fingerprint density at radius 2 is 0.967 bits per heavy atom. The molecule has 1 rings (SSSR count). The molecule has 2 heteroatoms. The van der Waals surface area contributed by atoms with Crippen LogP contribution < -0.4 is 0 Å². The molecule has 1 heterocycles. The maximum absolute atomic E-state index is 5.40. The molecule has 1 aliphatic heterocycles. The fraction of sp³-hybridized carbons (Fsp3) is 0.929. The molecule has 0 aromatic carbocycles. The minimum Gasteiger partial charge on any atom is -0.499 e. The van der Waals surface area contributed by atoms with Crippen LogP contribution in [0.15, 0.2) is 12.3 Å². The maximum atomic E-state index is 5.40. The highest BCUT2D eigenvalue weighted by molar-refractivity contribution is 4.75. The number of unbranched alkanes of at least 4 members (excludes halogenated alkanes) is 21. The first kappa shape index (κ1) is 27.5. The first-order valence-electron chi connectivity index (χ1n) is 13.8. The standard InChI is InChI=1S/C28H54O2/c1-2-3-4-5-6-7-8-9-10-11-12-13-14-15-16-17-18-19-20-21-22-23-24-25-29-26-28-27-30-28/h24-25,28H,2-23,26-27H2,1H3/b25-24+. The van der Waals surface area contributed by atoms with Crippen molar-refractivity contribution >= 4 is 0 Å². The van der Waals surface area contributed by atoms with Crippen molar-refractivity contribution < 1.29 is 9.47 Å². The van der Waals surface area contributed by atoms with Gasteiger partial charge in [0.05, 0.1) is 12.9 Å². The summed E-state index contributed by atoms with van der Waals surface area (Å²) in [6, 6.07) is 0. The highest BCUT2D eigenvalue weighted by Gasteiger charge is 2.22. The van der Waals surface area contributed by atoms with Gasteiger partial charge in [0.25, 0.3) is 0 Å². The third-order valence-electron chi connectivity index (χ3n) is 6.35. The van der Waals surface area contributed by atoms with Crippen molar-refractivity contribution in [3.63, 3.8) is 0 Å². The molecular formula is C28H54O2. The summed E-state index contributed by atoms with van der Waals surface area (Å²) in [7, 11) is 0. The Kier molecular flexibility index (Phi) is 21.3. The van der Waals surface area contributed by atoms with E-state index >= 15 is 0 Å². The summed E-state index contributed by atoms with van der Waals surface area (Å²) in [4.78, 5) is 0. The largest absolute Gasteiger partial charge is 0.499 e. The molecule has 1 unspecified atom stereocenters. The maximum Gasteiger partial charge on any atom is 0.116 e. The van der Waals surface area contributed by atoms with Gasteiger partial charge in [-0.25, -0.2) is 0 Å². The van der Waals surface area contributed by atoms with Gasteiger partial charge in [0.15, 0.2) is 0 Å². The molecule has 0 radical (unpaired) electrons. The van der Waals surface area contributed by atoms with Crippen molar-refractivity contribution in [3.05, 3.63) is 12.3 Å². The van der Waals surface area contributed by atoms with E-state index in [-0.39, 0.29) is 0 Å². The lowest BCUT2D eigenvalue weighted by molar-refractivity contribution is 0.211. The molecule has 2 nitrogen and oxygen atoms in total. The minimum absolute atomic E-state index is 0.374. The third kappa shape index (κ3) is 22.2. The zero-order chi connectivity index (χ0) is 21.4. The normalized spacial score (nSPS) is 15.8. The van der Waals surface area contributed by atoms with Crippen LogP contribution in [-0.4, -0.2) is 19.3 Å². The van der Waals surface area contributed by atoms with Crippen molar-refractivity contribution in [2.24, 2.45) is 0 Å². The average molecular weight is 423 g/mol. The Bertz CT molecular complexity index is 349. The number of ether oxygens (including phenoxy) is 2. The monoisotopic (exact) mass is 422 g/mol. The van der Waals surface area contributed by atoms with E-state index < -0.39 is 0 Å². The van der Waals surface area contributed by atoms with E-state index in [4.69, 9.17) is 9.47 Å². The fourth-order valence-corrected chi connectivity index (χ4v) is 4.16. The van der Waals surface area contributed by atoms with E-state index in [1.165, 1.54) is 135 Å². The summed E-state index contributed by atoms with van der Waals surface area (Å²) in [6.07, 6.45) is 35.9. The summed E-state index contributed by atoms with van der Waals surface area (Å²) in [6.45, 7) is 3.91. The van der Waals surface area contributed by atoms with E-state index in [0.717, 1.165) is 19.6 Å². The van der Waals surface area contributed by atoms with Crippen molar-refractivity contribution in [3.8, 4) is 0 Å². The number of allylic oxidation sites excluding steroid dienone is 1. The van der Waals surface area contributed by atoms with Gasteiger partial charge in [0, 0.05) is 0 Å². The summed E-state index contributed by atoms with van der Waals surface area (Å²) < 4.78 is 10.5. The Hall–Kier alpha value is -0.500. The van der Waals surface area contributed by atoms with Crippen LogP contribution >= 0.6 is 0 Å². The van der Waals surface area contributed by atoms with Crippen LogP contribution in [0.5, 0.6) is 0 Å². The molecule has 1 aliphatic rings. The molecule has 0 bridgehead atoms. The molecular weight excluding hydrogens is 368 g/mol. The average Bonchev–Trinajstić information content (AvgIpc) is 3.58. The van der Waals surface area contributed by atoms with E-state index in [1.807, 2.05) is 6.26 Å².